The third-order valence-electron chi connectivity index (χ3n) is 1.04. The monoisotopic (exact) mass is 117 g/mol. The van der Waals surface area contributed by atoms with Crippen molar-refractivity contribution in [1.82, 2.24) is 0 Å². The highest BCUT2D eigenvalue weighted by Gasteiger charge is 2.31. The van der Waals surface area contributed by atoms with E-state index >= 15 is 0 Å². The van der Waals surface area contributed by atoms with Crippen LogP contribution < -0.4 is 5.73 Å². The van der Waals surface area contributed by atoms with Gasteiger partial charge in [-0.2, -0.15) is 0 Å². The molecule has 0 heterocycles. The average Bonchev–Trinajstić information content (AvgIpc) is 2.22. The predicted octanol–water partition coefficient (Wildman–Crippen LogP) is 0.198. The highest BCUT2D eigenvalue weighted by Crippen LogP contribution is 2.30. The highest BCUT2D eigenvalue weighted by molar-refractivity contribution is 5.32. The fraction of sp³-hybridized carbons (Fsp3) is 0.800. The van der Waals surface area contributed by atoms with Crippen molar-refractivity contribution in [2.45, 2.75) is 25.3 Å². The summed E-state index contributed by atoms with van der Waals surface area (Å²) in [6.07, 6.45) is 2.46. The molecule has 0 radical (unpaired) electrons. The van der Waals surface area contributed by atoms with Gasteiger partial charge in [0, 0.05) is 5.54 Å². The molecule has 0 spiro atoms. The number of rotatable bonds is 0. The number of hydrogen-bond donors (Lipinski definition) is 2. The van der Waals surface area contributed by atoms with Gasteiger partial charge >= 0.3 is 0 Å². The van der Waals surface area contributed by atoms with Crippen molar-refractivity contribution in [3.8, 4) is 0 Å². The van der Waals surface area contributed by atoms with E-state index in [-0.39, 0.29) is 12.0 Å². The van der Waals surface area contributed by atoms with Crippen LogP contribution in [0.15, 0.2) is 0 Å². The van der Waals surface area contributed by atoms with E-state index in [1.807, 2.05) is 0 Å². The van der Waals surface area contributed by atoms with E-state index in [9.17, 15) is 0 Å². The van der Waals surface area contributed by atoms with Crippen LogP contribution in [0.1, 0.15) is 19.8 Å². The van der Waals surface area contributed by atoms with E-state index in [0.717, 1.165) is 0 Å². The Morgan fingerprint density at radius 1 is 1.75 bits per heavy atom. The summed E-state index contributed by atoms with van der Waals surface area (Å²) in [6, 6.07) is 0. The van der Waals surface area contributed by atoms with Crippen molar-refractivity contribution >= 4 is 6.47 Å². The smallest absolute Gasteiger partial charge is 0.290 e. The third-order valence-corrected chi connectivity index (χ3v) is 1.04. The van der Waals surface area contributed by atoms with E-state index in [2.05, 4.69) is 6.92 Å². The van der Waals surface area contributed by atoms with Crippen LogP contribution in [0.2, 0.25) is 0 Å². The van der Waals surface area contributed by atoms with Crippen LogP contribution in [-0.4, -0.2) is 17.1 Å². The van der Waals surface area contributed by atoms with Gasteiger partial charge in [0.2, 0.25) is 0 Å². The molecule has 0 aromatic carbocycles. The lowest BCUT2D eigenvalue weighted by molar-refractivity contribution is -0.122. The number of nitrogens with two attached hydrogens (primary N) is 1. The molecule has 0 saturated heterocycles. The van der Waals surface area contributed by atoms with Gasteiger partial charge < -0.3 is 10.8 Å². The van der Waals surface area contributed by atoms with E-state index in [0.29, 0.717) is 0 Å². The van der Waals surface area contributed by atoms with Crippen molar-refractivity contribution in [1.29, 1.82) is 0 Å². The lowest BCUT2D eigenvalue weighted by Crippen LogP contribution is -2.14. The molecule has 0 aromatic rings. The van der Waals surface area contributed by atoms with Gasteiger partial charge in [-0.25, -0.2) is 0 Å². The maximum atomic E-state index is 8.36. The summed E-state index contributed by atoms with van der Waals surface area (Å²) >= 11 is 0. The quantitative estimate of drug-likeness (QED) is 0.445. The Kier molecular flexibility index (Phi) is 2.48. The Hall–Kier alpha value is -0.570. The Morgan fingerprint density at radius 2 is 1.88 bits per heavy atom. The second-order valence-electron chi connectivity index (χ2n) is 2.26. The fourth-order valence-electron chi connectivity index (χ4n) is 0.197. The van der Waals surface area contributed by atoms with Gasteiger partial charge in [0.1, 0.15) is 0 Å². The second-order valence-corrected chi connectivity index (χ2v) is 2.26. The fourth-order valence-corrected chi connectivity index (χ4v) is 0.197. The summed E-state index contributed by atoms with van der Waals surface area (Å²) in [4.78, 5) is 8.36. The van der Waals surface area contributed by atoms with Crippen LogP contribution in [0, 0.1) is 0 Å². The van der Waals surface area contributed by atoms with E-state index in [4.69, 9.17) is 15.6 Å². The zero-order chi connectivity index (χ0) is 6.62. The summed E-state index contributed by atoms with van der Waals surface area (Å²) in [5.74, 6) is 0. The Balaban J connectivity index is 0.000000145. The minimum Gasteiger partial charge on any atom is -0.483 e. The molecule has 0 unspecified atom stereocenters. The van der Waals surface area contributed by atoms with Crippen molar-refractivity contribution in [3.05, 3.63) is 0 Å². The zero-order valence-corrected chi connectivity index (χ0v) is 4.92. The Labute approximate surface area is 48.5 Å². The first-order chi connectivity index (χ1) is 3.62. The molecule has 1 aliphatic rings. The van der Waals surface area contributed by atoms with Crippen LogP contribution in [0.25, 0.3) is 0 Å². The summed E-state index contributed by atoms with van der Waals surface area (Å²) in [6.45, 7) is 1.83. The van der Waals surface area contributed by atoms with Gasteiger partial charge in [-0.05, 0) is 19.8 Å². The average molecular weight is 117 g/mol. The van der Waals surface area contributed by atoms with Gasteiger partial charge in [0.25, 0.3) is 6.47 Å². The van der Waals surface area contributed by atoms with Gasteiger partial charge in [-0.3, -0.25) is 4.79 Å². The molecule has 48 valence electrons. The Morgan fingerprint density at radius 3 is 1.88 bits per heavy atom. The minimum absolute atomic E-state index is 0.250. The lowest BCUT2D eigenvalue weighted by Gasteiger charge is -1.88. The zero-order valence-electron chi connectivity index (χ0n) is 4.92. The summed E-state index contributed by atoms with van der Waals surface area (Å²) in [7, 11) is 0. The van der Waals surface area contributed by atoms with Crippen LogP contribution in [0.4, 0.5) is 0 Å². The normalized spacial score (nSPS) is 20.2. The third kappa shape index (κ3) is 5.43. The second kappa shape index (κ2) is 2.67. The SMILES string of the molecule is CC1(N)CC1.O=CO. The molecule has 1 rings (SSSR count). The van der Waals surface area contributed by atoms with Gasteiger partial charge in [-0.15, -0.1) is 0 Å². The summed E-state index contributed by atoms with van der Waals surface area (Å²) < 4.78 is 0. The largest absolute Gasteiger partial charge is 0.483 e. The maximum absolute atomic E-state index is 8.36. The highest BCUT2D eigenvalue weighted by atomic mass is 16.3. The molecule has 0 atom stereocenters. The van der Waals surface area contributed by atoms with Crippen LogP contribution in [0.3, 0.4) is 0 Å². The minimum atomic E-state index is -0.250. The first-order valence-electron chi connectivity index (χ1n) is 2.49. The van der Waals surface area contributed by atoms with Gasteiger partial charge in [-0.1, -0.05) is 0 Å². The van der Waals surface area contributed by atoms with Crippen LogP contribution >= 0.6 is 0 Å². The summed E-state index contributed by atoms with van der Waals surface area (Å²) in [5.41, 5.74) is 5.72. The Bertz CT molecular complexity index is 74.5. The van der Waals surface area contributed by atoms with Crippen molar-refractivity contribution in [2.75, 3.05) is 0 Å². The van der Waals surface area contributed by atoms with Gasteiger partial charge in [0.05, 0.1) is 0 Å². The van der Waals surface area contributed by atoms with Crippen molar-refractivity contribution in [2.24, 2.45) is 5.73 Å². The predicted molar refractivity (Wildman–Crippen MR) is 30.5 cm³/mol. The topological polar surface area (TPSA) is 63.3 Å². The van der Waals surface area contributed by atoms with Crippen LogP contribution in [-0.2, 0) is 4.79 Å². The molecule has 0 amide bonds. The molecule has 1 saturated carbocycles. The first kappa shape index (κ1) is 7.43. The molecule has 3 nitrogen and oxygen atoms in total. The number of carbonyl (C=O) groups is 1. The molecular formula is C5H11NO2. The van der Waals surface area contributed by atoms with Crippen LogP contribution in [0.5, 0.6) is 0 Å². The standard InChI is InChI=1S/C4H9N.CH2O2/c1-4(5)2-3-4;2-1-3/h2-3,5H2,1H3;1H,(H,2,3). The van der Waals surface area contributed by atoms with Gasteiger partial charge in [0.15, 0.2) is 0 Å². The van der Waals surface area contributed by atoms with E-state index in [1.165, 1.54) is 12.8 Å². The molecule has 0 aliphatic heterocycles. The molecule has 0 aromatic heterocycles. The molecule has 3 N–H and O–H groups in total. The molecule has 1 aliphatic carbocycles. The molecule has 8 heavy (non-hydrogen) atoms. The molecule has 1 fully saturated rings. The number of hydrogen-bond acceptors (Lipinski definition) is 2. The summed E-state index contributed by atoms with van der Waals surface area (Å²) in [5, 5.41) is 6.89. The first-order valence-corrected chi connectivity index (χ1v) is 2.49. The van der Waals surface area contributed by atoms with E-state index < -0.39 is 0 Å². The molecular weight excluding hydrogens is 106 g/mol. The maximum Gasteiger partial charge on any atom is 0.290 e. The lowest BCUT2D eigenvalue weighted by atomic mass is 10.4. The molecule has 3 heteroatoms. The van der Waals surface area contributed by atoms with E-state index in [1.54, 1.807) is 0 Å². The van der Waals surface area contributed by atoms with Crippen molar-refractivity contribution in [3.63, 3.8) is 0 Å². The number of carboxylic acid groups (broad SMARTS) is 1. The molecule has 0 bridgehead atoms. The van der Waals surface area contributed by atoms with Crippen molar-refractivity contribution < 1.29 is 9.90 Å².